The van der Waals surface area contributed by atoms with Crippen molar-refractivity contribution in [2.24, 2.45) is 0 Å². The highest BCUT2D eigenvalue weighted by Crippen LogP contribution is 2.30. The monoisotopic (exact) mass is 332 g/mol. The van der Waals surface area contributed by atoms with E-state index in [1.807, 2.05) is 6.92 Å². The minimum absolute atomic E-state index is 0.168. The van der Waals surface area contributed by atoms with Crippen molar-refractivity contribution < 1.29 is 23.9 Å². The normalized spacial score (nSPS) is 22.9. The van der Waals surface area contributed by atoms with Gasteiger partial charge in [-0.25, -0.2) is 9.59 Å². The van der Waals surface area contributed by atoms with Gasteiger partial charge in [-0.15, -0.1) is 11.8 Å². The highest BCUT2D eigenvalue weighted by Gasteiger charge is 2.42. The SMILES string of the molecule is COC(=O)[C@H](C)NC(=O)C1CSC(C)N1C(=O)OC(C)(C)C. The summed E-state index contributed by atoms with van der Waals surface area (Å²) >= 11 is 1.49. The Balaban J connectivity index is 2.77. The van der Waals surface area contributed by atoms with Crippen LogP contribution in [0.5, 0.6) is 0 Å². The van der Waals surface area contributed by atoms with Crippen LogP contribution in [0, 0.1) is 0 Å². The zero-order valence-corrected chi connectivity index (χ0v) is 14.7. The van der Waals surface area contributed by atoms with Crippen LogP contribution in [0.15, 0.2) is 0 Å². The molecule has 0 radical (unpaired) electrons. The van der Waals surface area contributed by atoms with Crippen molar-refractivity contribution in [1.29, 1.82) is 0 Å². The van der Waals surface area contributed by atoms with Crippen LogP contribution in [0.2, 0.25) is 0 Å². The molecule has 1 aliphatic heterocycles. The molecule has 0 aromatic carbocycles. The number of nitrogens with zero attached hydrogens (tertiary/aromatic N) is 1. The first kappa shape index (κ1) is 18.6. The van der Waals surface area contributed by atoms with Crippen LogP contribution in [0.1, 0.15) is 34.6 Å². The molecular formula is C14H24N2O5S. The van der Waals surface area contributed by atoms with Crippen LogP contribution in [0.25, 0.3) is 0 Å². The molecule has 2 amide bonds. The van der Waals surface area contributed by atoms with E-state index < -0.39 is 29.7 Å². The Morgan fingerprint density at radius 1 is 1.32 bits per heavy atom. The molecule has 0 bridgehead atoms. The van der Waals surface area contributed by atoms with Gasteiger partial charge in [0, 0.05) is 5.75 Å². The fourth-order valence-corrected chi connectivity index (χ4v) is 3.15. The summed E-state index contributed by atoms with van der Waals surface area (Å²) in [6.45, 7) is 8.69. The molecule has 8 heteroatoms. The highest BCUT2D eigenvalue weighted by atomic mass is 32.2. The first-order chi connectivity index (χ1) is 10.1. The number of amides is 2. The maximum absolute atomic E-state index is 12.3. The second-order valence-electron chi connectivity index (χ2n) is 6.09. The predicted octanol–water partition coefficient (Wildman–Crippen LogP) is 1.36. The topological polar surface area (TPSA) is 84.9 Å². The van der Waals surface area contributed by atoms with Gasteiger partial charge in [0.2, 0.25) is 5.91 Å². The minimum atomic E-state index is -0.765. The lowest BCUT2D eigenvalue weighted by atomic mass is 10.2. The molecule has 126 valence electrons. The molecule has 0 aliphatic carbocycles. The lowest BCUT2D eigenvalue weighted by molar-refractivity contribution is -0.145. The third-order valence-electron chi connectivity index (χ3n) is 3.04. The molecule has 7 nitrogen and oxygen atoms in total. The molecule has 1 fully saturated rings. The molecule has 2 unspecified atom stereocenters. The Kier molecular flexibility index (Phi) is 6.10. The third kappa shape index (κ3) is 4.79. The van der Waals surface area contributed by atoms with Crippen molar-refractivity contribution in [3.8, 4) is 0 Å². The molecular weight excluding hydrogens is 308 g/mol. The summed E-state index contributed by atoms with van der Waals surface area (Å²) < 4.78 is 9.92. The van der Waals surface area contributed by atoms with Gasteiger partial charge in [-0.1, -0.05) is 0 Å². The average molecular weight is 332 g/mol. The van der Waals surface area contributed by atoms with Crippen molar-refractivity contribution in [2.75, 3.05) is 12.9 Å². The summed E-state index contributed by atoms with van der Waals surface area (Å²) in [4.78, 5) is 37.4. The van der Waals surface area contributed by atoms with E-state index in [1.54, 1.807) is 20.8 Å². The molecule has 1 heterocycles. The number of nitrogens with one attached hydrogen (secondary N) is 1. The predicted molar refractivity (Wildman–Crippen MR) is 83.4 cm³/mol. The van der Waals surface area contributed by atoms with Crippen LogP contribution >= 0.6 is 11.8 Å². The number of esters is 1. The van der Waals surface area contributed by atoms with Gasteiger partial charge in [-0.05, 0) is 34.6 Å². The number of hydrogen-bond donors (Lipinski definition) is 1. The lowest BCUT2D eigenvalue weighted by Gasteiger charge is -2.30. The number of hydrogen-bond acceptors (Lipinski definition) is 6. The Morgan fingerprint density at radius 2 is 1.91 bits per heavy atom. The Labute approximate surface area is 135 Å². The standard InChI is InChI=1S/C14H24N2O5S/c1-8(12(18)20-6)15-11(17)10-7-22-9(2)16(10)13(19)21-14(3,4)5/h8-10H,7H2,1-6H3,(H,15,17)/t8-,9?,10?/m0/s1. The molecule has 1 N–H and O–H groups in total. The van der Waals surface area contributed by atoms with E-state index in [-0.39, 0.29) is 11.3 Å². The van der Waals surface area contributed by atoms with E-state index in [4.69, 9.17) is 4.74 Å². The van der Waals surface area contributed by atoms with Gasteiger partial charge in [0.15, 0.2) is 0 Å². The van der Waals surface area contributed by atoms with E-state index in [0.29, 0.717) is 5.75 Å². The van der Waals surface area contributed by atoms with Gasteiger partial charge < -0.3 is 14.8 Å². The van der Waals surface area contributed by atoms with E-state index >= 15 is 0 Å². The highest BCUT2D eigenvalue weighted by molar-refractivity contribution is 8.00. The number of carbonyl (C=O) groups is 3. The van der Waals surface area contributed by atoms with E-state index in [0.717, 1.165) is 0 Å². The number of ether oxygens (including phenoxy) is 2. The molecule has 1 rings (SSSR count). The summed E-state index contributed by atoms with van der Waals surface area (Å²) in [5, 5.41) is 2.40. The van der Waals surface area contributed by atoms with E-state index in [9.17, 15) is 14.4 Å². The second kappa shape index (κ2) is 7.21. The number of thioether (sulfide) groups is 1. The Bertz CT molecular complexity index is 449. The first-order valence-electron chi connectivity index (χ1n) is 7.08. The zero-order chi connectivity index (χ0) is 17.1. The largest absolute Gasteiger partial charge is 0.467 e. The molecule has 1 aliphatic rings. The van der Waals surface area contributed by atoms with Gasteiger partial charge >= 0.3 is 12.1 Å². The molecule has 1 saturated heterocycles. The average Bonchev–Trinajstić information content (AvgIpc) is 2.77. The number of carbonyl (C=O) groups excluding carboxylic acids is 3. The maximum Gasteiger partial charge on any atom is 0.411 e. The minimum Gasteiger partial charge on any atom is -0.467 e. The van der Waals surface area contributed by atoms with Crippen LogP contribution in [0.3, 0.4) is 0 Å². The van der Waals surface area contributed by atoms with Gasteiger partial charge in [0.25, 0.3) is 0 Å². The van der Waals surface area contributed by atoms with Crippen molar-refractivity contribution in [3.05, 3.63) is 0 Å². The fourth-order valence-electron chi connectivity index (χ4n) is 1.98. The second-order valence-corrected chi connectivity index (χ2v) is 7.44. The van der Waals surface area contributed by atoms with Crippen molar-refractivity contribution in [3.63, 3.8) is 0 Å². The Morgan fingerprint density at radius 3 is 2.41 bits per heavy atom. The molecule has 0 spiro atoms. The summed E-state index contributed by atoms with van der Waals surface area (Å²) in [7, 11) is 1.26. The summed E-state index contributed by atoms with van der Waals surface area (Å²) in [6.07, 6.45) is -0.532. The summed E-state index contributed by atoms with van der Waals surface area (Å²) in [5.74, 6) is -0.461. The summed E-state index contributed by atoms with van der Waals surface area (Å²) in [5.41, 5.74) is -0.635. The number of rotatable bonds is 3. The first-order valence-corrected chi connectivity index (χ1v) is 8.13. The quantitative estimate of drug-likeness (QED) is 0.786. The maximum atomic E-state index is 12.3. The van der Waals surface area contributed by atoms with Gasteiger partial charge in [0.05, 0.1) is 12.5 Å². The van der Waals surface area contributed by atoms with Gasteiger partial charge in [-0.2, -0.15) is 0 Å². The van der Waals surface area contributed by atoms with Crippen molar-refractivity contribution >= 4 is 29.7 Å². The molecule has 3 atom stereocenters. The van der Waals surface area contributed by atoms with Gasteiger partial charge in [-0.3, -0.25) is 9.69 Å². The van der Waals surface area contributed by atoms with Crippen molar-refractivity contribution in [2.45, 2.75) is 57.7 Å². The molecule has 0 saturated carbocycles. The Hall–Kier alpha value is -1.44. The lowest BCUT2D eigenvalue weighted by Crippen LogP contribution is -2.53. The van der Waals surface area contributed by atoms with Crippen LogP contribution in [-0.2, 0) is 19.1 Å². The number of methoxy groups -OCH3 is 1. The van der Waals surface area contributed by atoms with E-state index in [2.05, 4.69) is 10.1 Å². The van der Waals surface area contributed by atoms with Crippen LogP contribution in [0.4, 0.5) is 4.79 Å². The van der Waals surface area contributed by atoms with Crippen LogP contribution in [-0.4, -0.2) is 58.8 Å². The molecule has 22 heavy (non-hydrogen) atoms. The van der Waals surface area contributed by atoms with Crippen molar-refractivity contribution in [1.82, 2.24) is 10.2 Å². The summed E-state index contributed by atoms with van der Waals surface area (Å²) in [6, 6.07) is -1.43. The van der Waals surface area contributed by atoms with Gasteiger partial charge in [0.1, 0.15) is 17.7 Å². The third-order valence-corrected chi connectivity index (χ3v) is 4.26. The fraction of sp³-hybridized carbons (Fsp3) is 0.786. The molecule has 0 aromatic rings. The van der Waals surface area contributed by atoms with E-state index in [1.165, 1.54) is 30.7 Å². The molecule has 0 aromatic heterocycles. The smallest absolute Gasteiger partial charge is 0.411 e. The zero-order valence-electron chi connectivity index (χ0n) is 13.8. The van der Waals surface area contributed by atoms with Crippen LogP contribution < -0.4 is 5.32 Å².